The predicted octanol–water partition coefficient (Wildman–Crippen LogP) is 4.11. The third-order valence-electron chi connectivity index (χ3n) is 2.69. The van der Waals surface area contributed by atoms with Crippen LogP contribution in [-0.4, -0.2) is 12.1 Å². The molecule has 0 atom stereocenters. The number of nitrogens with one attached hydrogen (secondary N) is 1. The molecule has 2 heteroatoms. The van der Waals surface area contributed by atoms with Gasteiger partial charge in [0.15, 0.2) is 0 Å². The Balaban J connectivity index is 2.73. The van der Waals surface area contributed by atoms with E-state index < -0.39 is 0 Å². The van der Waals surface area contributed by atoms with Crippen molar-refractivity contribution in [3.8, 4) is 0 Å². The van der Waals surface area contributed by atoms with E-state index in [9.17, 15) is 0 Å². The molecule has 0 unspecified atom stereocenters. The van der Waals surface area contributed by atoms with Crippen LogP contribution in [0.3, 0.4) is 0 Å². The molecule has 0 radical (unpaired) electrons. The van der Waals surface area contributed by atoms with Crippen LogP contribution in [0.15, 0.2) is 28.7 Å². The Morgan fingerprint density at radius 1 is 1.00 bits per heavy atom. The second-order valence-electron chi connectivity index (χ2n) is 5.99. The lowest BCUT2D eigenvalue weighted by atomic mass is 9.84. The molecule has 1 N–H and O–H groups in total. The molecule has 1 aromatic carbocycles. The van der Waals surface area contributed by atoms with Crippen LogP contribution in [0.1, 0.15) is 40.2 Å². The number of halogens is 1. The summed E-state index contributed by atoms with van der Waals surface area (Å²) in [6.07, 6.45) is 0. The fourth-order valence-electron chi connectivity index (χ4n) is 1.49. The average molecular weight is 284 g/mol. The molecule has 1 aromatic rings. The van der Waals surface area contributed by atoms with E-state index in [-0.39, 0.29) is 11.0 Å². The van der Waals surface area contributed by atoms with Gasteiger partial charge in [-0.15, -0.1) is 0 Å². The van der Waals surface area contributed by atoms with E-state index in [1.54, 1.807) is 0 Å². The molecule has 0 heterocycles. The second kappa shape index (κ2) is 4.89. The third kappa shape index (κ3) is 4.26. The monoisotopic (exact) mass is 283 g/mol. The summed E-state index contributed by atoms with van der Waals surface area (Å²) < 4.78 is 1.14. The summed E-state index contributed by atoms with van der Waals surface area (Å²) in [4.78, 5) is 0. The van der Waals surface area contributed by atoms with Crippen LogP contribution < -0.4 is 5.32 Å². The minimum absolute atomic E-state index is 0.161. The number of hydrogen-bond acceptors (Lipinski definition) is 1. The number of hydrogen-bond donors (Lipinski definition) is 1. The van der Waals surface area contributed by atoms with Crippen LogP contribution in [0.25, 0.3) is 0 Å². The van der Waals surface area contributed by atoms with Gasteiger partial charge in [-0.2, -0.15) is 0 Å². The highest BCUT2D eigenvalue weighted by Crippen LogP contribution is 2.24. The molecule has 0 spiro atoms. The Hall–Kier alpha value is -0.340. The number of rotatable bonds is 3. The lowest BCUT2D eigenvalue weighted by Gasteiger charge is -2.31. The Kier molecular flexibility index (Phi) is 4.19. The van der Waals surface area contributed by atoms with Crippen LogP contribution in [0.2, 0.25) is 0 Å². The van der Waals surface area contributed by atoms with Crippen LogP contribution in [-0.2, 0) is 5.41 Å². The van der Waals surface area contributed by atoms with Gasteiger partial charge >= 0.3 is 0 Å². The Labute approximate surface area is 108 Å². The van der Waals surface area contributed by atoms with Crippen LogP contribution in [0, 0.1) is 0 Å². The quantitative estimate of drug-likeness (QED) is 0.880. The van der Waals surface area contributed by atoms with Gasteiger partial charge in [-0.3, -0.25) is 0 Å². The molecule has 0 saturated heterocycles. The average Bonchev–Trinajstić information content (AvgIpc) is 2.15. The van der Waals surface area contributed by atoms with Gasteiger partial charge < -0.3 is 5.32 Å². The van der Waals surface area contributed by atoms with Gasteiger partial charge in [0.05, 0.1) is 0 Å². The van der Waals surface area contributed by atoms with E-state index in [4.69, 9.17) is 0 Å². The molecule has 1 rings (SSSR count). The molecule has 0 aliphatic rings. The molecule has 0 aliphatic heterocycles. The van der Waals surface area contributed by atoms with E-state index in [2.05, 4.69) is 80.1 Å². The second-order valence-corrected chi connectivity index (χ2v) is 6.91. The Bertz CT molecular complexity index is 333. The zero-order valence-corrected chi connectivity index (χ0v) is 12.5. The van der Waals surface area contributed by atoms with Gasteiger partial charge in [0.2, 0.25) is 0 Å². The van der Waals surface area contributed by atoms with Crippen molar-refractivity contribution in [1.82, 2.24) is 5.32 Å². The predicted molar refractivity (Wildman–Crippen MR) is 74.9 cm³/mol. The minimum atomic E-state index is 0.161. The fourth-order valence-corrected chi connectivity index (χ4v) is 1.75. The van der Waals surface area contributed by atoms with Gasteiger partial charge in [-0.05, 0) is 38.5 Å². The lowest BCUT2D eigenvalue weighted by Crippen LogP contribution is -2.43. The van der Waals surface area contributed by atoms with Crippen LogP contribution in [0.4, 0.5) is 0 Å². The summed E-state index contributed by atoms with van der Waals surface area (Å²) in [7, 11) is 0. The minimum Gasteiger partial charge on any atom is -0.311 e. The molecular weight excluding hydrogens is 262 g/mol. The summed E-state index contributed by atoms with van der Waals surface area (Å²) >= 11 is 3.47. The molecule has 0 bridgehead atoms. The van der Waals surface area contributed by atoms with Gasteiger partial charge in [0, 0.05) is 22.0 Å². The van der Waals surface area contributed by atoms with Crippen molar-refractivity contribution in [3.05, 3.63) is 34.3 Å². The molecule has 90 valence electrons. The van der Waals surface area contributed by atoms with E-state index in [1.165, 1.54) is 5.56 Å². The molecule has 0 amide bonds. The van der Waals surface area contributed by atoms with Gasteiger partial charge in [-0.1, -0.05) is 41.9 Å². The highest BCUT2D eigenvalue weighted by atomic mass is 79.9. The first-order valence-corrected chi connectivity index (χ1v) is 6.51. The van der Waals surface area contributed by atoms with Crippen LogP contribution >= 0.6 is 15.9 Å². The maximum atomic E-state index is 3.56. The van der Waals surface area contributed by atoms with Crippen molar-refractivity contribution >= 4 is 15.9 Å². The summed E-state index contributed by atoms with van der Waals surface area (Å²) in [6.45, 7) is 12.1. The first kappa shape index (κ1) is 13.7. The van der Waals surface area contributed by atoms with Gasteiger partial charge in [-0.25, -0.2) is 0 Å². The third-order valence-corrected chi connectivity index (χ3v) is 3.22. The van der Waals surface area contributed by atoms with Crippen molar-refractivity contribution in [3.63, 3.8) is 0 Å². The Morgan fingerprint density at radius 3 is 1.94 bits per heavy atom. The fraction of sp³-hybridized carbons (Fsp3) is 0.571. The molecule has 1 nitrogen and oxygen atoms in total. The first-order valence-electron chi connectivity index (χ1n) is 5.72. The van der Waals surface area contributed by atoms with E-state index >= 15 is 0 Å². The SMILES string of the molecule is CC(C)(C)NCC(C)(C)c1ccc(Br)cc1. The largest absolute Gasteiger partial charge is 0.311 e. The first-order chi connectivity index (χ1) is 7.21. The van der Waals surface area contributed by atoms with Crippen molar-refractivity contribution in [2.75, 3.05) is 6.54 Å². The van der Waals surface area contributed by atoms with Crippen molar-refractivity contribution < 1.29 is 0 Å². The summed E-state index contributed by atoms with van der Waals surface area (Å²) in [5, 5.41) is 3.56. The summed E-state index contributed by atoms with van der Waals surface area (Å²) in [6, 6.07) is 8.59. The smallest absolute Gasteiger partial charge is 0.0175 e. The highest BCUT2D eigenvalue weighted by molar-refractivity contribution is 9.10. The zero-order valence-electron chi connectivity index (χ0n) is 10.9. The zero-order chi connectivity index (χ0) is 12.4. The van der Waals surface area contributed by atoms with E-state index in [1.807, 2.05) is 0 Å². The lowest BCUT2D eigenvalue weighted by molar-refractivity contribution is 0.363. The molecule has 0 fully saturated rings. The standard InChI is InChI=1S/C14H22BrN/c1-13(2,3)16-10-14(4,5)11-6-8-12(15)9-7-11/h6-9,16H,10H2,1-5H3. The summed E-state index contributed by atoms with van der Waals surface area (Å²) in [5.41, 5.74) is 1.70. The maximum Gasteiger partial charge on any atom is 0.0175 e. The van der Waals surface area contributed by atoms with Crippen LogP contribution in [0.5, 0.6) is 0 Å². The van der Waals surface area contributed by atoms with Crippen molar-refractivity contribution in [2.45, 2.75) is 45.6 Å². The molecule has 0 aliphatic carbocycles. The van der Waals surface area contributed by atoms with Crippen molar-refractivity contribution in [2.24, 2.45) is 0 Å². The topological polar surface area (TPSA) is 12.0 Å². The molecule has 16 heavy (non-hydrogen) atoms. The normalized spacial score (nSPS) is 12.9. The number of benzene rings is 1. The molecular formula is C14H22BrN. The van der Waals surface area contributed by atoms with Gasteiger partial charge in [0.25, 0.3) is 0 Å². The van der Waals surface area contributed by atoms with E-state index in [0.29, 0.717) is 0 Å². The Morgan fingerprint density at radius 2 is 1.50 bits per heavy atom. The molecule has 0 aromatic heterocycles. The van der Waals surface area contributed by atoms with E-state index in [0.717, 1.165) is 11.0 Å². The summed E-state index contributed by atoms with van der Waals surface area (Å²) in [5.74, 6) is 0. The van der Waals surface area contributed by atoms with Gasteiger partial charge in [0.1, 0.15) is 0 Å². The van der Waals surface area contributed by atoms with Crippen molar-refractivity contribution in [1.29, 1.82) is 0 Å². The maximum absolute atomic E-state index is 3.56. The molecule has 0 saturated carbocycles. The highest BCUT2D eigenvalue weighted by Gasteiger charge is 2.22.